The minimum absolute atomic E-state index is 0.240. The van der Waals surface area contributed by atoms with Crippen LogP contribution in [0.25, 0.3) is 0 Å². The summed E-state index contributed by atoms with van der Waals surface area (Å²) < 4.78 is 11.2. The van der Waals surface area contributed by atoms with E-state index in [1.54, 1.807) is 12.1 Å². The van der Waals surface area contributed by atoms with Crippen LogP contribution in [-0.4, -0.2) is 49.4 Å². The molecule has 0 aromatic heterocycles. The summed E-state index contributed by atoms with van der Waals surface area (Å²) in [5, 5.41) is 13.1. The number of benzene rings is 1. The highest BCUT2D eigenvalue weighted by atomic mass is 16.6. The molecule has 98 valence electrons. The van der Waals surface area contributed by atoms with E-state index in [1.807, 2.05) is 0 Å². The quantitative estimate of drug-likeness (QED) is 0.803. The van der Waals surface area contributed by atoms with Gasteiger partial charge < -0.3 is 19.9 Å². The number of nitrogens with zero attached hydrogens (tertiary/aromatic N) is 1. The van der Waals surface area contributed by atoms with Crippen molar-refractivity contribution in [2.24, 2.45) is 0 Å². The average molecular weight is 250 g/mol. The monoisotopic (exact) mass is 250 g/mol. The van der Waals surface area contributed by atoms with Gasteiger partial charge in [-0.2, -0.15) is 0 Å². The molecule has 0 bridgehead atoms. The van der Waals surface area contributed by atoms with Crippen molar-refractivity contribution in [1.82, 2.24) is 10.2 Å². The number of rotatable bonds is 2. The van der Waals surface area contributed by atoms with Gasteiger partial charge in [-0.05, 0) is 6.07 Å². The second-order valence-corrected chi connectivity index (χ2v) is 4.66. The Kier molecular flexibility index (Phi) is 3.25. The zero-order chi connectivity index (χ0) is 12.4. The molecule has 18 heavy (non-hydrogen) atoms. The molecule has 3 rings (SSSR count). The van der Waals surface area contributed by atoms with Gasteiger partial charge in [-0.15, -0.1) is 0 Å². The Balaban J connectivity index is 1.83. The standard InChI is InChI=1S/C13H18N2O3/c16-11-7-10(9-15-3-1-14-2-4-15)13-12(8-11)17-5-6-18-13/h7-8,14,16H,1-6,9H2. The first-order valence-electron chi connectivity index (χ1n) is 6.37. The van der Waals surface area contributed by atoms with Crippen molar-refractivity contribution in [3.05, 3.63) is 17.7 Å². The van der Waals surface area contributed by atoms with Crippen molar-refractivity contribution in [3.8, 4) is 17.2 Å². The lowest BCUT2D eigenvalue weighted by Crippen LogP contribution is -2.43. The zero-order valence-electron chi connectivity index (χ0n) is 10.3. The SMILES string of the molecule is Oc1cc(CN2CCNCC2)c2c(c1)OCCO2. The second-order valence-electron chi connectivity index (χ2n) is 4.66. The van der Waals surface area contributed by atoms with Gasteiger partial charge in [-0.25, -0.2) is 0 Å². The summed E-state index contributed by atoms with van der Waals surface area (Å²) in [6, 6.07) is 3.39. The first-order valence-corrected chi connectivity index (χ1v) is 6.37. The number of hydrogen-bond acceptors (Lipinski definition) is 5. The number of phenolic OH excluding ortho intramolecular Hbond substituents is 1. The Labute approximate surface area is 106 Å². The lowest BCUT2D eigenvalue weighted by Gasteiger charge is -2.29. The fourth-order valence-electron chi connectivity index (χ4n) is 2.44. The summed E-state index contributed by atoms with van der Waals surface area (Å²) in [7, 11) is 0. The summed E-state index contributed by atoms with van der Waals surface area (Å²) in [6.07, 6.45) is 0. The van der Waals surface area contributed by atoms with E-state index in [-0.39, 0.29) is 5.75 Å². The van der Waals surface area contributed by atoms with Gasteiger partial charge >= 0.3 is 0 Å². The van der Waals surface area contributed by atoms with Gasteiger partial charge in [0.05, 0.1) is 0 Å². The predicted octanol–water partition coefficient (Wildman–Crippen LogP) is 0.569. The number of phenols is 1. The molecule has 5 nitrogen and oxygen atoms in total. The lowest BCUT2D eigenvalue weighted by atomic mass is 10.1. The molecule has 0 unspecified atom stereocenters. The van der Waals surface area contributed by atoms with Crippen molar-refractivity contribution >= 4 is 0 Å². The Hall–Kier alpha value is -1.46. The summed E-state index contributed by atoms with van der Waals surface area (Å²) in [4.78, 5) is 2.35. The maximum absolute atomic E-state index is 9.73. The van der Waals surface area contributed by atoms with Crippen LogP contribution in [0.1, 0.15) is 5.56 Å². The fourth-order valence-corrected chi connectivity index (χ4v) is 2.44. The average Bonchev–Trinajstić information content (AvgIpc) is 2.40. The Morgan fingerprint density at radius 1 is 1.17 bits per heavy atom. The van der Waals surface area contributed by atoms with E-state index >= 15 is 0 Å². The zero-order valence-corrected chi connectivity index (χ0v) is 10.3. The molecule has 0 atom stereocenters. The molecule has 0 radical (unpaired) electrons. The maximum atomic E-state index is 9.73. The highest BCUT2D eigenvalue weighted by molar-refractivity contribution is 5.52. The molecule has 2 aliphatic heterocycles. The fraction of sp³-hybridized carbons (Fsp3) is 0.538. The Morgan fingerprint density at radius 2 is 1.94 bits per heavy atom. The molecular weight excluding hydrogens is 232 g/mol. The minimum atomic E-state index is 0.240. The number of ether oxygens (including phenoxy) is 2. The molecule has 0 amide bonds. The second kappa shape index (κ2) is 5.04. The number of hydrogen-bond donors (Lipinski definition) is 2. The Bertz CT molecular complexity index is 430. The lowest BCUT2D eigenvalue weighted by molar-refractivity contribution is 0.164. The van der Waals surface area contributed by atoms with Crippen LogP contribution in [-0.2, 0) is 6.54 Å². The molecule has 2 heterocycles. The smallest absolute Gasteiger partial charge is 0.166 e. The topological polar surface area (TPSA) is 54.0 Å². The van der Waals surface area contributed by atoms with Gasteiger partial charge in [-0.3, -0.25) is 4.90 Å². The van der Waals surface area contributed by atoms with Gasteiger partial charge in [0.15, 0.2) is 11.5 Å². The normalized spacial score (nSPS) is 19.8. The molecule has 5 heteroatoms. The summed E-state index contributed by atoms with van der Waals surface area (Å²) >= 11 is 0. The first-order chi connectivity index (χ1) is 8.83. The molecule has 1 saturated heterocycles. The van der Waals surface area contributed by atoms with Crippen LogP contribution in [0.4, 0.5) is 0 Å². The number of aromatic hydroxyl groups is 1. The van der Waals surface area contributed by atoms with Gasteiger partial charge in [0.25, 0.3) is 0 Å². The van der Waals surface area contributed by atoms with Gasteiger partial charge in [-0.1, -0.05) is 0 Å². The number of fused-ring (bicyclic) bond motifs is 1. The van der Waals surface area contributed by atoms with Gasteiger partial charge in [0.1, 0.15) is 19.0 Å². The molecule has 1 aromatic rings. The van der Waals surface area contributed by atoms with E-state index in [1.165, 1.54) is 0 Å². The predicted molar refractivity (Wildman–Crippen MR) is 67.2 cm³/mol. The third-order valence-electron chi connectivity index (χ3n) is 3.31. The van der Waals surface area contributed by atoms with Crippen molar-refractivity contribution < 1.29 is 14.6 Å². The highest BCUT2D eigenvalue weighted by Crippen LogP contribution is 2.38. The third kappa shape index (κ3) is 2.37. The van der Waals surface area contributed by atoms with E-state index in [9.17, 15) is 5.11 Å². The van der Waals surface area contributed by atoms with E-state index in [0.717, 1.165) is 44.0 Å². The molecule has 0 spiro atoms. The number of piperazine rings is 1. The van der Waals surface area contributed by atoms with Crippen LogP contribution in [0.2, 0.25) is 0 Å². The summed E-state index contributed by atoms with van der Waals surface area (Å²) in [5.74, 6) is 1.69. The van der Waals surface area contributed by atoms with Crippen LogP contribution >= 0.6 is 0 Å². The maximum Gasteiger partial charge on any atom is 0.166 e. The summed E-state index contributed by atoms with van der Waals surface area (Å²) in [5.41, 5.74) is 1.01. The van der Waals surface area contributed by atoms with Crippen molar-refractivity contribution in [1.29, 1.82) is 0 Å². The van der Waals surface area contributed by atoms with Crippen LogP contribution in [0, 0.1) is 0 Å². The van der Waals surface area contributed by atoms with E-state index in [4.69, 9.17) is 9.47 Å². The molecular formula is C13H18N2O3. The van der Waals surface area contributed by atoms with E-state index in [2.05, 4.69) is 10.2 Å². The largest absolute Gasteiger partial charge is 0.508 e. The summed E-state index contributed by atoms with van der Waals surface area (Å²) in [6.45, 7) is 5.98. The molecule has 0 aliphatic carbocycles. The highest BCUT2D eigenvalue weighted by Gasteiger charge is 2.20. The van der Waals surface area contributed by atoms with Crippen molar-refractivity contribution in [2.45, 2.75) is 6.54 Å². The van der Waals surface area contributed by atoms with Crippen LogP contribution in [0.15, 0.2) is 12.1 Å². The first kappa shape index (κ1) is 11.6. The molecule has 0 saturated carbocycles. The Morgan fingerprint density at radius 3 is 2.78 bits per heavy atom. The van der Waals surface area contributed by atoms with Crippen LogP contribution in [0.3, 0.4) is 0 Å². The van der Waals surface area contributed by atoms with Gasteiger partial charge in [0, 0.05) is 44.4 Å². The molecule has 2 aliphatic rings. The van der Waals surface area contributed by atoms with Gasteiger partial charge in [0.2, 0.25) is 0 Å². The van der Waals surface area contributed by atoms with Crippen LogP contribution < -0.4 is 14.8 Å². The molecule has 1 fully saturated rings. The molecule has 2 N–H and O–H groups in total. The van der Waals surface area contributed by atoms with Crippen molar-refractivity contribution in [3.63, 3.8) is 0 Å². The van der Waals surface area contributed by atoms with Crippen molar-refractivity contribution in [2.75, 3.05) is 39.4 Å². The van der Waals surface area contributed by atoms with E-state index in [0.29, 0.717) is 19.0 Å². The third-order valence-corrected chi connectivity index (χ3v) is 3.31. The van der Waals surface area contributed by atoms with Crippen LogP contribution in [0.5, 0.6) is 17.2 Å². The number of nitrogens with one attached hydrogen (secondary N) is 1. The molecule has 1 aromatic carbocycles. The minimum Gasteiger partial charge on any atom is -0.508 e. The van der Waals surface area contributed by atoms with E-state index < -0.39 is 0 Å².